The van der Waals surface area contributed by atoms with Gasteiger partial charge in [0.1, 0.15) is 0 Å². The number of hydrogen-bond acceptors (Lipinski definition) is 7. The second kappa shape index (κ2) is 7.81. The summed E-state index contributed by atoms with van der Waals surface area (Å²) in [5.41, 5.74) is 5.06. The third kappa shape index (κ3) is 4.02. The number of hydrogen-bond donors (Lipinski definition) is 2. The van der Waals surface area contributed by atoms with Gasteiger partial charge in [-0.05, 0) is 12.0 Å². The van der Waals surface area contributed by atoms with Gasteiger partial charge >= 0.3 is 0 Å². The number of carbonyl (C=O) groups is 1. The molecule has 3 rings (SSSR count). The molecule has 2 heterocycles. The molecule has 140 valence electrons. The molecule has 3 aromatic rings. The maximum atomic E-state index is 12.7. The van der Waals surface area contributed by atoms with E-state index in [2.05, 4.69) is 25.9 Å². The summed E-state index contributed by atoms with van der Waals surface area (Å²) in [7, 11) is 1.48. The number of ether oxygens (including phenoxy) is 1. The highest BCUT2D eigenvalue weighted by molar-refractivity contribution is 6.05. The quantitative estimate of drug-likeness (QED) is 0.636. The van der Waals surface area contributed by atoms with Crippen molar-refractivity contribution in [3.63, 3.8) is 0 Å². The smallest absolute Gasteiger partial charge is 0.290 e. The third-order valence-corrected chi connectivity index (χ3v) is 3.75. The molecule has 0 radical (unpaired) electrons. The normalized spacial score (nSPS) is 10.8. The molecule has 27 heavy (non-hydrogen) atoms. The number of benzene rings is 1. The molecule has 0 saturated heterocycles. The zero-order chi connectivity index (χ0) is 19.4. The van der Waals surface area contributed by atoms with Gasteiger partial charge in [0, 0.05) is 24.2 Å². The van der Waals surface area contributed by atoms with Crippen LogP contribution in [0.3, 0.4) is 0 Å². The number of anilines is 1. The maximum Gasteiger partial charge on any atom is 0.290 e. The Balaban J connectivity index is 1.93. The van der Waals surface area contributed by atoms with E-state index in [-0.39, 0.29) is 23.1 Å². The minimum absolute atomic E-state index is 0.140. The van der Waals surface area contributed by atoms with Crippen LogP contribution in [0.25, 0.3) is 10.8 Å². The second-order valence-corrected chi connectivity index (χ2v) is 6.28. The molecule has 9 heteroatoms. The Hall–Kier alpha value is -3.49. The highest BCUT2D eigenvalue weighted by Crippen LogP contribution is 2.14. The lowest BCUT2D eigenvalue weighted by Gasteiger charge is -2.13. The first-order valence-corrected chi connectivity index (χ1v) is 8.43. The SMILES string of the molecule is COc1ccnc(NNC(=O)c2nn(CC(C)C)c(=O)c3ccccc23)n1. The van der Waals surface area contributed by atoms with Crippen LogP contribution in [-0.4, -0.2) is 32.8 Å². The fourth-order valence-electron chi connectivity index (χ4n) is 2.56. The molecule has 0 bridgehead atoms. The molecule has 0 aliphatic carbocycles. The van der Waals surface area contributed by atoms with E-state index in [1.54, 1.807) is 30.3 Å². The molecule has 0 aliphatic heterocycles. The van der Waals surface area contributed by atoms with E-state index >= 15 is 0 Å². The Morgan fingerprint density at radius 2 is 1.96 bits per heavy atom. The molecule has 9 nitrogen and oxygen atoms in total. The van der Waals surface area contributed by atoms with Crippen LogP contribution in [0.2, 0.25) is 0 Å². The molecule has 0 unspecified atom stereocenters. The van der Waals surface area contributed by atoms with Crippen molar-refractivity contribution in [2.45, 2.75) is 20.4 Å². The Labute approximate surface area is 155 Å². The van der Waals surface area contributed by atoms with Gasteiger partial charge in [0.15, 0.2) is 5.69 Å². The van der Waals surface area contributed by atoms with Gasteiger partial charge in [0.25, 0.3) is 11.5 Å². The van der Waals surface area contributed by atoms with Crippen LogP contribution in [0.4, 0.5) is 5.95 Å². The first kappa shape index (κ1) is 18.3. The standard InChI is InChI=1S/C18H20N6O3/c1-11(2)10-24-17(26)13-7-5-4-6-12(13)15(23-24)16(25)21-22-18-19-9-8-14(20-18)27-3/h4-9,11H,10H2,1-3H3,(H,21,25)(H,19,20,22). The topological polar surface area (TPSA) is 111 Å². The van der Waals surface area contributed by atoms with Gasteiger partial charge in [-0.25, -0.2) is 9.67 Å². The van der Waals surface area contributed by atoms with Gasteiger partial charge in [-0.1, -0.05) is 32.0 Å². The average molecular weight is 368 g/mol. The summed E-state index contributed by atoms with van der Waals surface area (Å²) >= 11 is 0. The molecule has 2 N–H and O–H groups in total. The number of nitrogens with zero attached hydrogens (tertiary/aromatic N) is 4. The number of rotatable bonds is 6. The Morgan fingerprint density at radius 1 is 1.22 bits per heavy atom. The predicted octanol–water partition coefficient (Wildman–Crippen LogP) is 1.61. The van der Waals surface area contributed by atoms with E-state index in [4.69, 9.17) is 4.74 Å². The largest absolute Gasteiger partial charge is 0.481 e. The second-order valence-electron chi connectivity index (χ2n) is 6.28. The molecular formula is C18H20N6O3. The zero-order valence-electron chi connectivity index (χ0n) is 15.3. The predicted molar refractivity (Wildman–Crippen MR) is 101 cm³/mol. The average Bonchev–Trinajstić information content (AvgIpc) is 2.68. The van der Waals surface area contributed by atoms with Crippen LogP contribution in [0.15, 0.2) is 41.3 Å². The maximum absolute atomic E-state index is 12.7. The van der Waals surface area contributed by atoms with Crippen LogP contribution in [0.1, 0.15) is 24.3 Å². The summed E-state index contributed by atoms with van der Waals surface area (Å²) in [4.78, 5) is 33.4. The van der Waals surface area contributed by atoms with Gasteiger partial charge in [0.2, 0.25) is 11.8 Å². The first-order valence-electron chi connectivity index (χ1n) is 8.43. The minimum Gasteiger partial charge on any atom is -0.481 e. The summed E-state index contributed by atoms with van der Waals surface area (Å²) in [6.45, 7) is 4.37. The van der Waals surface area contributed by atoms with Crippen molar-refractivity contribution in [1.29, 1.82) is 0 Å². The summed E-state index contributed by atoms with van der Waals surface area (Å²) in [5.74, 6) is 0.226. The van der Waals surface area contributed by atoms with Crippen molar-refractivity contribution < 1.29 is 9.53 Å². The molecule has 1 aromatic carbocycles. The summed E-state index contributed by atoms with van der Waals surface area (Å²) in [5, 5.41) is 5.19. The lowest BCUT2D eigenvalue weighted by Crippen LogP contribution is -2.34. The van der Waals surface area contributed by atoms with E-state index in [1.807, 2.05) is 13.8 Å². The number of methoxy groups -OCH3 is 1. The van der Waals surface area contributed by atoms with Crippen molar-refractivity contribution in [3.05, 3.63) is 52.6 Å². The monoisotopic (exact) mass is 368 g/mol. The van der Waals surface area contributed by atoms with Gasteiger partial charge in [-0.15, -0.1) is 0 Å². The lowest BCUT2D eigenvalue weighted by atomic mass is 10.1. The number of hydrazine groups is 1. The van der Waals surface area contributed by atoms with Crippen molar-refractivity contribution in [2.75, 3.05) is 12.5 Å². The zero-order valence-corrected chi connectivity index (χ0v) is 15.3. The van der Waals surface area contributed by atoms with Crippen LogP contribution in [0.5, 0.6) is 5.88 Å². The van der Waals surface area contributed by atoms with E-state index in [0.29, 0.717) is 23.2 Å². The molecule has 0 atom stereocenters. The molecule has 0 spiro atoms. The van der Waals surface area contributed by atoms with Crippen LogP contribution in [-0.2, 0) is 6.54 Å². The minimum atomic E-state index is -0.505. The molecule has 0 saturated carbocycles. The van der Waals surface area contributed by atoms with E-state index in [9.17, 15) is 9.59 Å². The molecule has 2 aromatic heterocycles. The van der Waals surface area contributed by atoms with E-state index in [0.717, 1.165) is 0 Å². The third-order valence-electron chi connectivity index (χ3n) is 3.75. The van der Waals surface area contributed by atoms with Gasteiger partial charge in [-0.3, -0.25) is 20.4 Å². The lowest BCUT2D eigenvalue weighted by molar-refractivity contribution is 0.0956. The Kier molecular flexibility index (Phi) is 5.30. The molecule has 0 aliphatic rings. The van der Waals surface area contributed by atoms with Crippen molar-refractivity contribution in [2.24, 2.45) is 5.92 Å². The molecule has 1 amide bonds. The van der Waals surface area contributed by atoms with E-state index in [1.165, 1.54) is 18.0 Å². The van der Waals surface area contributed by atoms with Crippen LogP contribution < -0.4 is 21.1 Å². The number of aromatic nitrogens is 4. The van der Waals surface area contributed by atoms with Crippen molar-refractivity contribution >= 4 is 22.6 Å². The van der Waals surface area contributed by atoms with E-state index < -0.39 is 5.91 Å². The van der Waals surface area contributed by atoms with Gasteiger partial charge < -0.3 is 4.74 Å². The number of fused-ring (bicyclic) bond motifs is 1. The highest BCUT2D eigenvalue weighted by atomic mass is 16.5. The fraction of sp³-hybridized carbons (Fsp3) is 0.278. The molecular weight excluding hydrogens is 348 g/mol. The van der Waals surface area contributed by atoms with Crippen molar-refractivity contribution in [1.82, 2.24) is 25.2 Å². The van der Waals surface area contributed by atoms with Crippen LogP contribution in [0, 0.1) is 5.92 Å². The van der Waals surface area contributed by atoms with Gasteiger partial charge in [0.05, 0.1) is 12.5 Å². The number of nitrogens with one attached hydrogen (secondary N) is 2. The number of amides is 1. The Bertz CT molecular complexity index is 1030. The number of carbonyl (C=O) groups excluding carboxylic acids is 1. The first-order chi connectivity index (χ1) is 13.0. The molecule has 0 fully saturated rings. The summed E-state index contributed by atoms with van der Waals surface area (Å²) in [6.07, 6.45) is 1.50. The summed E-state index contributed by atoms with van der Waals surface area (Å²) in [6, 6.07) is 8.48. The van der Waals surface area contributed by atoms with Crippen molar-refractivity contribution in [3.8, 4) is 5.88 Å². The summed E-state index contributed by atoms with van der Waals surface area (Å²) < 4.78 is 6.34. The highest BCUT2D eigenvalue weighted by Gasteiger charge is 2.17. The fourth-order valence-corrected chi connectivity index (χ4v) is 2.56. The van der Waals surface area contributed by atoms with Gasteiger partial charge in [-0.2, -0.15) is 10.1 Å². The van der Waals surface area contributed by atoms with Crippen LogP contribution >= 0.6 is 0 Å². The Morgan fingerprint density at radius 3 is 2.67 bits per heavy atom.